The largest absolute Gasteiger partial charge is 0.383 e. The zero-order chi connectivity index (χ0) is 14.4. The van der Waals surface area contributed by atoms with Crippen molar-refractivity contribution in [3.05, 3.63) is 15.6 Å². The molecule has 5 nitrogen and oxygen atoms in total. The first-order chi connectivity index (χ1) is 9.01. The van der Waals surface area contributed by atoms with E-state index in [1.165, 1.54) is 0 Å². The molecule has 1 atom stereocenters. The maximum absolute atomic E-state index is 12.0. The van der Waals surface area contributed by atoms with Crippen molar-refractivity contribution in [1.29, 1.82) is 0 Å². The Labute approximate surface area is 119 Å². The molecule has 1 aromatic heterocycles. The summed E-state index contributed by atoms with van der Waals surface area (Å²) in [6, 6.07) is -0.0595. The predicted octanol–water partition coefficient (Wildman–Crippen LogP) is 2.36. The lowest BCUT2D eigenvalue weighted by molar-refractivity contribution is 0.178. The summed E-state index contributed by atoms with van der Waals surface area (Å²) in [5, 5.41) is 3.94. The van der Waals surface area contributed by atoms with Crippen LogP contribution in [0.4, 0.5) is 4.79 Å². The van der Waals surface area contributed by atoms with E-state index in [1.807, 2.05) is 13.8 Å². The molecule has 0 aromatic carbocycles. The number of carbonyl (C=O) groups excluding carboxylic acids is 1. The lowest BCUT2D eigenvalue weighted by atomic mass is 10.2. The number of nitrogens with one attached hydrogen (secondary N) is 1. The maximum atomic E-state index is 12.0. The molecule has 108 valence electrons. The molecule has 0 radical (unpaired) electrons. The van der Waals surface area contributed by atoms with Gasteiger partial charge in [0.25, 0.3) is 0 Å². The van der Waals surface area contributed by atoms with Gasteiger partial charge in [0, 0.05) is 25.6 Å². The lowest BCUT2D eigenvalue weighted by Crippen LogP contribution is -2.40. The number of rotatable bonds is 6. The third-order valence-corrected chi connectivity index (χ3v) is 4.51. The molecule has 0 spiro atoms. The zero-order valence-corrected chi connectivity index (χ0v) is 13.1. The highest BCUT2D eigenvalue weighted by atomic mass is 32.1. The van der Waals surface area contributed by atoms with Gasteiger partial charge >= 0.3 is 6.03 Å². The Morgan fingerprint density at radius 3 is 2.79 bits per heavy atom. The van der Waals surface area contributed by atoms with Gasteiger partial charge in [-0.15, -0.1) is 11.3 Å². The normalized spacial score (nSPS) is 12.3. The quantitative estimate of drug-likeness (QED) is 0.816. The molecule has 1 N–H and O–H groups in total. The third-order valence-electron chi connectivity index (χ3n) is 3.04. The number of nitrogens with zero attached hydrogens (tertiary/aromatic N) is 2. The van der Waals surface area contributed by atoms with E-state index in [2.05, 4.69) is 17.2 Å². The van der Waals surface area contributed by atoms with E-state index in [0.29, 0.717) is 13.2 Å². The predicted molar refractivity (Wildman–Crippen MR) is 77.7 cm³/mol. The average Bonchev–Trinajstić information content (AvgIpc) is 2.78. The molecule has 0 bridgehead atoms. The van der Waals surface area contributed by atoms with Gasteiger partial charge in [0.15, 0.2) is 0 Å². The highest BCUT2D eigenvalue weighted by Crippen LogP contribution is 2.28. The van der Waals surface area contributed by atoms with E-state index in [9.17, 15) is 4.79 Å². The van der Waals surface area contributed by atoms with Crippen LogP contribution >= 0.6 is 11.3 Å². The van der Waals surface area contributed by atoms with Gasteiger partial charge in [0.1, 0.15) is 0 Å². The number of urea groups is 1. The van der Waals surface area contributed by atoms with Gasteiger partial charge in [-0.2, -0.15) is 0 Å². The molecule has 19 heavy (non-hydrogen) atoms. The smallest absolute Gasteiger partial charge is 0.317 e. The van der Waals surface area contributed by atoms with Crippen molar-refractivity contribution in [2.75, 3.05) is 27.3 Å². The van der Waals surface area contributed by atoms with Gasteiger partial charge in [0.2, 0.25) is 0 Å². The number of aromatic nitrogens is 1. The molecular formula is C13H23N3O2S. The van der Waals surface area contributed by atoms with Crippen LogP contribution in [0.15, 0.2) is 0 Å². The molecule has 0 fully saturated rings. The Morgan fingerprint density at radius 2 is 2.26 bits per heavy atom. The molecular weight excluding hydrogens is 262 g/mol. The SMILES string of the molecule is CCc1nc(C)c([C@H](C)N(C)C(=O)NCCOC)s1. The van der Waals surface area contributed by atoms with Gasteiger partial charge in [-0.1, -0.05) is 6.92 Å². The molecule has 0 saturated heterocycles. The van der Waals surface area contributed by atoms with Crippen molar-refractivity contribution in [3.63, 3.8) is 0 Å². The Balaban J connectivity index is 2.67. The van der Waals surface area contributed by atoms with E-state index in [0.717, 1.165) is 22.0 Å². The number of ether oxygens (including phenoxy) is 1. The second-order valence-corrected chi connectivity index (χ2v) is 5.54. The Kier molecular flexibility index (Phi) is 6.24. The first-order valence-corrected chi connectivity index (χ1v) is 7.28. The Bertz CT molecular complexity index is 420. The van der Waals surface area contributed by atoms with Crippen LogP contribution in [0, 0.1) is 6.92 Å². The van der Waals surface area contributed by atoms with E-state index in [4.69, 9.17) is 4.74 Å². The molecule has 0 aliphatic carbocycles. The fourth-order valence-corrected chi connectivity index (χ4v) is 2.84. The van der Waals surface area contributed by atoms with Gasteiger partial charge < -0.3 is 15.0 Å². The molecule has 0 aliphatic heterocycles. The van der Waals surface area contributed by atoms with Crippen molar-refractivity contribution < 1.29 is 9.53 Å². The minimum absolute atomic E-state index is 0.0281. The van der Waals surface area contributed by atoms with Gasteiger partial charge in [-0.25, -0.2) is 9.78 Å². The molecule has 0 aliphatic rings. The summed E-state index contributed by atoms with van der Waals surface area (Å²) in [6.45, 7) is 7.16. The monoisotopic (exact) mass is 285 g/mol. The van der Waals surface area contributed by atoms with Crippen LogP contribution in [0.1, 0.15) is 35.5 Å². The molecule has 1 rings (SSSR count). The standard InChI is InChI=1S/C13H23N3O2S/c1-6-11-15-9(2)12(19-11)10(3)16(4)13(17)14-7-8-18-5/h10H,6-8H2,1-5H3,(H,14,17)/t10-/m0/s1. The second-order valence-electron chi connectivity index (χ2n) is 4.42. The summed E-state index contributed by atoms with van der Waals surface area (Å²) < 4.78 is 4.91. The number of methoxy groups -OCH3 is 1. The van der Waals surface area contributed by atoms with Crippen molar-refractivity contribution >= 4 is 17.4 Å². The van der Waals surface area contributed by atoms with Crippen LogP contribution in [-0.2, 0) is 11.2 Å². The molecule has 0 unspecified atom stereocenters. The Hall–Kier alpha value is -1.14. The molecule has 1 heterocycles. The van der Waals surface area contributed by atoms with Crippen molar-refractivity contribution in [3.8, 4) is 0 Å². The van der Waals surface area contributed by atoms with E-state index < -0.39 is 0 Å². The summed E-state index contributed by atoms with van der Waals surface area (Å²) in [5.41, 5.74) is 1.02. The molecule has 2 amide bonds. The van der Waals surface area contributed by atoms with Gasteiger partial charge in [0.05, 0.1) is 23.4 Å². The number of thiazole rings is 1. The summed E-state index contributed by atoms with van der Waals surface area (Å²) in [7, 11) is 3.42. The van der Waals surface area contributed by atoms with Crippen molar-refractivity contribution in [2.24, 2.45) is 0 Å². The zero-order valence-electron chi connectivity index (χ0n) is 12.3. The third kappa shape index (κ3) is 4.18. The van der Waals surface area contributed by atoms with Crippen LogP contribution in [0.25, 0.3) is 0 Å². The highest BCUT2D eigenvalue weighted by Gasteiger charge is 2.21. The van der Waals surface area contributed by atoms with Crippen LogP contribution < -0.4 is 5.32 Å². The molecule has 6 heteroatoms. The molecule has 0 saturated carbocycles. The first-order valence-electron chi connectivity index (χ1n) is 6.47. The minimum atomic E-state index is -0.0876. The summed E-state index contributed by atoms with van der Waals surface area (Å²) in [6.07, 6.45) is 0.933. The van der Waals surface area contributed by atoms with Gasteiger partial charge in [-0.05, 0) is 20.3 Å². The van der Waals surface area contributed by atoms with Crippen molar-refractivity contribution in [1.82, 2.24) is 15.2 Å². The second kappa shape index (κ2) is 7.45. The topological polar surface area (TPSA) is 54.5 Å². The minimum Gasteiger partial charge on any atom is -0.383 e. The highest BCUT2D eigenvalue weighted by molar-refractivity contribution is 7.11. The summed E-state index contributed by atoms with van der Waals surface area (Å²) in [5.74, 6) is 0. The average molecular weight is 285 g/mol. The fraction of sp³-hybridized carbons (Fsp3) is 0.692. The lowest BCUT2D eigenvalue weighted by Gasteiger charge is -2.24. The van der Waals surface area contributed by atoms with Crippen LogP contribution in [0.3, 0.4) is 0 Å². The van der Waals surface area contributed by atoms with E-state index in [1.54, 1.807) is 30.4 Å². The van der Waals surface area contributed by atoms with Crippen molar-refractivity contribution in [2.45, 2.75) is 33.2 Å². The number of hydrogen-bond donors (Lipinski definition) is 1. The number of amides is 2. The van der Waals surface area contributed by atoms with Crippen LogP contribution in [0.5, 0.6) is 0 Å². The number of carbonyl (C=O) groups is 1. The summed E-state index contributed by atoms with van der Waals surface area (Å²) >= 11 is 1.68. The Morgan fingerprint density at radius 1 is 1.58 bits per heavy atom. The van der Waals surface area contributed by atoms with Crippen LogP contribution in [0.2, 0.25) is 0 Å². The number of hydrogen-bond acceptors (Lipinski definition) is 4. The summed E-state index contributed by atoms with van der Waals surface area (Å²) in [4.78, 5) is 19.3. The molecule has 1 aromatic rings. The van der Waals surface area contributed by atoms with Gasteiger partial charge in [-0.3, -0.25) is 0 Å². The fourth-order valence-electron chi connectivity index (χ4n) is 1.74. The van der Waals surface area contributed by atoms with E-state index >= 15 is 0 Å². The van der Waals surface area contributed by atoms with E-state index in [-0.39, 0.29) is 12.1 Å². The van der Waals surface area contributed by atoms with Crippen LogP contribution in [-0.4, -0.2) is 43.2 Å². The first kappa shape index (κ1) is 15.9. The maximum Gasteiger partial charge on any atom is 0.317 e. The number of aryl methyl sites for hydroxylation is 2.